The van der Waals surface area contributed by atoms with Gasteiger partial charge in [0.05, 0.1) is 25.8 Å². The number of anilines is 1. The molecule has 0 radical (unpaired) electrons. The highest BCUT2D eigenvalue weighted by Crippen LogP contribution is 2.45. The molecule has 168 valence electrons. The minimum absolute atomic E-state index is 0.0437. The van der Waals surface area contributed by atoms with E-state index in [2.05, 4.69) is 4.98 Å². The van der Waals surface area contributed by atoms with Crippen LogP contribution in [0.15, 0.2) is 66.5 Å². The van der Waals surface area contributed by atoms with Crippen LogP contribution in [-0.2, 0) is 9.59 Å². The average Bonchev–Trinajstić information content (AvgIpc) is 3.10. The van der Waals surface area contributed by atoms with Crippen molar-refractivity contribution in [3.63, 3.8) is 0 Å². The predicted molar refractivity (Wildman–Crippen MR) is 125 cm³/mol. The Morgan fingerprint density at radius 1 is 1.03 bits per heavy atom. The Labute approximate surface area is 195 Å². The van der Waals surface area contributed by atoms with Crippen LogP contribution >= 0.6 is 11.6 Å². The smallest absolute Gasteiger partial charge is 0.300 e. The Hall–Kier alpha value is -3.84. The number of carbonyl (C=O) groups is 2. The number of aromatic nitrogens is 1. The van der Waals surface area contributed by atoms with E-state index >= 15 is 0 Å². The SMILES string of the molecule is COc1ccc(C2/C(=C(\O)c3ccncc3)C(=O)C(=O)N2c2cccc(Cl)c2C)cc1OC. The summed E-state index contributed by atoms with van der Waals surface area (Å²) in [5, 5.41) is 11.6. The fraction of sp³-hybridized carbons (Fsp3) is 0.160. The number of nitrogens with zero attached hydrogens (tertiary/aromatic N) is 2. The fourth-order valence-electron chi connectivity index (χ4n) is 3.94. The first-order chi connectivity index (χ1) is 15.9. The van der Waals surface area contributed by atoms with Crippen LogP contribution in [0.2, 0.25) is 5.02 Å². The van der Waals surface area contributed by atoms with Gasteiger partial charge in [-0.05, 0) is 54.4 Å². The monoisotopic (exact) mass is 464 g/mol. The standard InChI is InChI=1S/C25H21ClN2O5/c1-14-17(26)5-4-6-18(14)28-22(16-7-8-19(32-2)20(13-16)33-3)21(24(30)25(28)31)23(29)15-9-11-27-12-10-15/h4-13,22,29H,1-3H3/b23-21+. The second-order valence-electron chi connectivity index (χ2n) is 7.40. The number of amides is 1. The number of aliphatic hydroxyl groups excluding tert-OH is 1. The molecule has 1 unspecified atom stereocenters. The highest BCUT2D eigenvalue weighted by Gasteiger charge is 2.47. The second-order valence-corrected chi connectivity index (χ2v) is 7.81. The van der Waals surface area contributed by atoms with Crippen LogP contribution in [0, 0.1) is 6.92 Å². The maximum atomic E-state index is 13.3. The molecule has 7 nitrogen and oxygen atoms in total. The summed E-state index contributed by atoms with van der Waals surface area (Å²) in [4.78, 5) is 31.9. The molecule has 2 aromatic carbocycles. The number of hydrogen-bond donors (Lipinski definition) is 1. The van der Waals surface area contributed by atoms with E-state index in [1.807, 2.05) is 0 Å². The molecule has 1 aliphatic heterocycles. The molecule has 2 heterocycles. The second kappa shape index (κ2) is 8.96. The number of pyridine rings is 1. The zero-order valence-electron chi connectivity index (χ0n) is 18.2. The predicted octanol–water partition coefficient (Wildman–Crippen LogP) is 4.69. The number of ketones is 1. The molecule has 33 heavy (non-hydrogen) atoms. The van der Waals surface area contributed by atoms with Crippen LogP contribution in [0.25, 0.3) is 5.76 Å². The first-order valence-corrected chi connectivity index (χ1v) is 10.4. The highest BCUT2D eigenvalue weighted by atomic mass is 35.5. The Morgan fingerprint density at radius 2 is 1.73 bits per heavy atom. The number of rotatable bonds is 5. The summed E-state index contributed by atoms with van der Waals surface area (Å²) >= 11 is 6.32. The third kappa shape index (κ3) is 3.81. The van der Waals surface area contributed by atoms with Crippen LogP contribution in [-0.4, -0.2) is 36.0 Å². The molecule has 0 saturated carbocycles. The molecule has 0 spiro atoms. The van der Waals surface area contributed by atoms with Crippen molar-refractivity contribution in [1.29, 1.82) is 0 Å². The number of carbonyl (C=O) groups excluding carboxylic acids is 2. The van der Waals surface area contributed by atoms with E-state index in [0.29, 0.717) is 38.9 Å². The molecular weight excluding hydrogens is 444 g/mol. The van der Waals surface area contributed by atoms with Crippen LogP contribution < -0.4 is 14.4 Å². The van der Waals surface area contributed by atoms with Crippen molar-refractivity contribution in [2.24, 2.45) is 0 Å². The largest absolute Gasteiger partial charge is 0.507 e. The molecule has 4 rings (SSSR count). The lowest BCUT2D eigenvalue weighted by Crippen LogP contribution is -2.30. The third-order valence-electron chi connectivity index (χ3n) is 5.62. The zero-order valence-corrected chi connectivity index (χ0v) is 19.0. The van der Waals surface area contributed by atoms with Gasteiger partial charge in [0, 0.05) is 28.7 Å². The first-order valence-electron chi connectivity index (χ1n) is 10.1. The fourth-order valence-corrected chi connectivity index (χ4v) is 4.11. The van der Waals surface area contributed by atoms with Gasteiger partial charge >= 0.3 is 0 Å². The van der Waals surface area contributed by atoms with Crippen molar-refractivity contribution >= 4 is 34.7 Å². The zero-order chi connectivity index (χ0) is 23.7. The van der Waals surface area contributed by atoms with Gasteiger partial charge in [-0.1, -0.05) is 23.7 Å². The number of methoxy groups -OCH3 is 2. The molecule has 3 aromatic rings. The Morgan fingerprint density at radius 3 is 2.39 bits per heavy atom. The molecular formula is C25H21ClN2O5. The van der Waals surface area contributed by atoms with E-state index in [1.165, 1.54) is 31.5 Å². The first kappa shape index (κ1) is 22.4. The molecule has 1 fully saturated rings. The molecule has 1 aromatic heterocycles. The number of benzene rings is 2. The van der Waals surface area contributed by atoms with Gasteiger partial charge in [0.25, 0.3) is 11.7 Å². The Bertz CT molecular complexity index is 1270. The minimum Gasteiger partial charge on any atom is -0.507 e. The lowest BCUT2D eigenvalue weighted by Gasteiger charge is -2.27. The number of ether oxygens (including phenoxy) is 2. The molecule has 1 saturated heterocycles. The number of halogens is 1. The van der Waals surface area contributed by atoms with E-state index < -0.39 is 17.7 Å². The van der Waals surface area contributed by atoms with Gasteiger partial charge < -0.3 is 14.6 Å². The topological polar surface area (TPSA) is 89.0 Å². The average molecular weight is 465 g/mol. The van der Waals surface area contributed by atoms with Crippen molar-refractivity contribution < 1.29 is 24.2 Å². The van der Waals surface area contributed by atoms with E-state index in [4.69, 9.17) is 21.1 Å². The lowest BCUT2D eigenvalue weighted by atomic mass is 9.95. The van der Waals surface area contributed by atoms with E-state index in [-0.39, 0.29) is 11.3 Å². The summed E-state index contributed by atoms with van der Waals surface area (Å²) in [7, 11) is 3.01. The summed E-state index contributed by atoms with van der Waals surface area (Å²) < 4.78 is 10.8. The van der Waals surface area contributed by atoms with Crippen molar-refractivity contribution in [3.05, 3.63) is 88.2 Å². The van der Waals surface area contributed by atoms with Crippen molar-refractivity contribution in [2.45, 2.75) is 13.0 Å². The van der Waals surface area contributed by atoms with E-state index in [0.717, 1.165) is 0 Å². The number of aliphatic hydroxyl groups is 1. The van der Waals surface area contributed by atoms with Gasteiger partial charge in [-0.3, -0.25) is 19.5 Å². The van der Waals surface area contributed by atoms with Gasteiger partial charge in [-0.2, -0.15) is 0 Å². The molecule has 1 aliphatic rings. The highest BCUT2D eigenvalue weighted by molar-refractivity contribution is 6.52. The maximum absolute atomic E-state index is 13.3. The summed E-state index contributed by atoms with van der Waals surface area (Å²) in [6.45, 7) is 1.77. The number of Topliss-reactive ketones (excluding diaryl/α,β-unsaturated/α-hetero) is 1. The van der Waals surface area contributed by atoms with Crippen LogP contribution in [0.4, 0.5) is 5.69 Å². The Balaban J connectivity index is 2.00. The van der Waals surface area contributed by atoms with Crippen molar-refractivity contribution in [2.75, 3.05) is 19.1 Å². The summed E-state index contributed by atoms with van der Waals surface area (Å²) in [5.74, 6) is -0.949. The molecule has 0 aliphatic carbocycles. The lowest BCUT2D eigenvalue weighted by molar-refractivity contribution is -0.132. The van der Waals surface area contributed by atoms with Crippen molar-refractivity contribution in [1.82, 2.24) is 4.98 Å². The van der Waals surface area contributed by atoms with Crippen LogP contribution in [0.1, 0.15) is 22.7 Å². The van der Waals surface area contributed by atoms with Gasteiger partial charge in [0.2, 0.25) is 0 Å². The summed E-state index contributed by atoms with van der Waals surface area (Å²) in [5.41, 5.74) is 1.99. The van der Waals surface area contributed by atoms with E-state index in [9.17, 15) is 14.7 Å². The van der Waals surface area contributed by atoms with Crippen molar-refractivity contribution in [3.8, 4) is 11.5 Å². The Kier molecular flexibility index (Phi) is 6.07. The van der Waals surface area contributed by atoms with Gasteiger partial charge in [-0.15, -0.1) is 0 Å². The molecule has 0 bridgehead atoms. The molecule has 1 atom stereocenters. The number of hydrogen-bond acceptors (Lipinski definition) is 6. The summed E-state index contributed by atoms with van der Waals surface area (Å²) in [6, 6.07) is 12.4. The maximum Gasteiger partial charge on any atom is 0.300 e. The van der Waals surface area contributed by atoms with Gasteiger partial charge in [0.1, 0.15) is 5.76 Å². The third-order valence-corrected chi connectivity index (χ3v) is 6.03. The van der Waals surface area contributed by atoms with Crippen LogP contribution in [0.5, 0.6) is 11.5 Å². The minimum atomic E-state index is -0.921. The molecule has 1 amide bonds. The molecule has 8 heteroatoms. The molecule has 1 N–H and O–H groups in total. The summed E-state index contributed by atoms with van der Waals surface area (Å²) in [6.07, 6.45) is 3.00. The quantitative estimate of drug-likeness (QED) is 0.335. The van der Waals surface area contributed by atoms with Gasteiger partial charge in [0.15, 0.2) is 11.5 Å². The van der Waals surface area contributed by atoms with E-state index in [1.54, 1.807) is 55.5 Å². The normalized spacial score (nSPS) is 17.3. The van der Waals surface area contributed by atoms with Gasteiger partial charge in [-0.25, -0.2) is 0 Å². The van der Waals surface area contributed by atoms with Crippen LogP contribution in [0.3, 0.4) is 0 Å².